The second kappa shape index (κ2) is 5.12. The maximum absolute atomic E-state index is 13.2. The number of nitrogens with zero attached hydrogens (tertiary/aromatic N) is 1. The number of halogens is 2. The van der Waals surface area contributed by atoms with E-state index < -0.39 is 5.82 Å². The van der Waals surface area contributed by atoms with Crippen molar-refractivity contribution >= 4 is 34.3 Å². The predicted octanol–water partition coefficient (Wildman–Crippen LogP) is 4.00. The Morgan fingerprint density at radius 3 is 2.83 bits per heavy atom. The number of benzene rings is 1. The van der Waals surface area contributed by atoms with Crippen molar-refractivity contribution in [2.75, 3.05) is 11.1 Å². The first-order chi connectivity index (χ1) is 8.47. The van der Waals surface area contributed by atoms with Crippen LogP contribution in [0.1, 0.15) is 22.9 Å². The van der Waals surface area contributed by atoms with Crippen molar-refractivity contribution < 1.29 is 4.39 Å². The number of nitrogens with one attached hydrogen (secondary N) is 1. The van der Waals surface area contributed by atoms with Gasteiger partial charge in [0.15, 0.2) is 0 Å². The molecule has 3 N–H and O–H groups in total. The van der Waals surface area contributed by atoms with Gasteiger partial charge in [0.2, 0.25) is 0 Å². The molecule has 0 bridgehead atoms. The summed E-state index contributed by atoms with van der Waals surface area (Å²) in [5, 5.41) is 4.18. The molecule has 1 unspecified atom stereocenters. The summed E-state index contributed by atoms with van der Waals surface area (Å²) in [7, 11) is 0. The van der Waals surface area contributed by atoms with Crippen LogP contribution in [0.5, 0.6) is 0 Å². The number of anilines is 2. The Kier molecular flexibility index (Phi) is 3.73. The van der Waals surface area contributed by atoms with Gasteiger partial charge in [-0.15, -0.1) is 11.3 Å². The molecule has 0 fully saturated rings. The number of hydrogen-bond donors (Lipinski definition) is 2. The number of nitrogens with two attached hydrogens (primary N) is 1. The third-order valence-electron chi connectivity index (χ3n) is 2.47. The highest BCUT2D eigenvalue weighted by Gasteiger charge is 2.12. The molecule has 2 aromatic rings. The predicted molar refractivity (Wildman–Crippen MR) is 74.7 cm³/mol. The van der Waals surface area contributed by atoms with E-state index >= 15 is 0 Å². The first kappa shape index (κ1) is 13.1. The van der Waals surface area contributed by atoms with Crippen LogP contribution in [0.4, 0.5) is 15.8 Å². The lowest BCUT2D eigenvalue weighted by atomic mass is 10.2. The molecular weight excluding hydrogens is 273 g/mol. The van der Waals surface area contributed by atoms with E-state index in [-0.39, 0.29) is 11.1 Å². The van der Waals surface area contributed by atoms with Crippen LogP contribution >= 0.6 is 22.9 Å². The molecule has 18 heavy (non-hydrogen) atoms. The summed E-state index contributed by atoms with van der Waals surface area (Å²) in [6.07, 6.45) is 1.82. The van der Waals surface area contributed by atoms with Gasteiger partial charge >= 0.3 is 0 Å². The molecule has 0 aliphatic rings. The minimum atomic E-state index is -0.516. The van der Waals surface area contributed by atoms with Gasteiger partial charge in [-0.2, -0.15) is 0 Å². The standard InChI is InChI=1S/C12H13ClFN3S/c1-6-5-16-12(18-6)7(2)17-11-3-8(13)9(14)4-10(11)15/h3-5,7,17H,15H2,1-2H3. The summed E-state index contributed by atoms with van der Waals surface area (Å²) in [6.45, 7) is 3.96. The smallest absolute Gasteiger partial charge is 0.143 e. The first-order valence-corrected chi connectivity index (χ1v) is 6.60. The Morgan fingerprint density at radius 2 is 2.22 bits per heavy atom. The van der Waals surface area contributed by atoms with Gasteiger partial charge in [0.1, 0.15) is 10.8 Å². The van der Waals surface area contributed by atoms with Crippen LogP contribution in [-0.2, 0) is 0 Å². The molecular formula is C12H13ClFN3S. The summed E-state index contributed by atoms with van der Waals surface area (Å²) in [4.78, 5) is 5.43. The Labute approximate surface area is 114 Å². The number of nitrogen functional groups attached to an aromatic ring is 1. The molecule has 0 aliphatic heterocycles. The molecule has 1 atom stereocenters. The third-order valence-corrected chi connectivity index (χ3v) is 3.86. The minimum Gasteiger partial charge on any atom is -0.397 e. The Balaban J connectivity index is 2.21. The lowest BCUT2D eigenvalue weighted by Gasteiger charge is -2.15. The quantitative estimate of drug-likeness (QED) is 0.838. The number of hydrogen-bond acceptors (Lipinski definition) is 4. The third kappa shape index (κ3) is 2.73. The molecule has 1 aromatic carbocycles. The van der Waals surface area contributed by atoms with Crippen molar-refractivity contribution in [1.29, 1.82) is 0 Å². The molecule has 1 heterocycles. The lowest BCUT2D eigenvalue weighted by molar-refractivity contribution is 0.629. The molecule has 1 aromatic heterocycles. The van der Waals surface area contributed by atoms with Crippen LogP contribution in [0.3, 0.4) is 0 Å². The average Bonchev–Trinajstić information content (AvgIpc) is 2.73. The normalized spacial score (nSPS) is 12.4. The van der Waals surface area contributed by atoms with Crippen molar-refractivity contribution in [2.45, 2.75) is 19.9 Å². The van der Waals surface area contributed by atoms with E-state index in [0.29, 0.717) is 11.4 Å². The zero-order chi connectivity index (χ0) is 13.3. The van der Waals surface area contributed by atoms with Gasteiger partial charge in [-0.3, -0.25) is 0 Å². The van der Waals surface area contributed by atoms with E-state index in [4.69, 9.17) is 17.3 Å². The zero-order valence-corrected chi connectivity index (χ0v) is 11.6. The number of aryl methyl sites for hydroxylation is 1. The molecule has 0 saturated heterocycles. The maximum Gasteiger partial charge on any atom is 0.143 e. The molecule has 0 saturated carbocycles. The van der Waals surface area contributed by atoms with E-state index in [0.717, 1.165) is 9.88 Å². The fourth-order valence-electron chi connectivity index (χ4n) is 1.55. The molecule has 0 spiro atoms. The van der Waals surface area contributed by atoms with Crippen molar-refractivity contribution in [3.05, 3.63) is 39.1 Å². The molecule has 0 aliphatic carbocycles. The van der Waals surface area contributed by atoms with Crippen LogP contribution in [0.15, 0.2) is 18.3 Å². The van der Waals surface area contributed by atoms with Gasteiger partial charge in [-0.05, 0) is 19.9 Å². The van der Waals surface area contributed by atoms with Crippen molar-refractivity contribution in [3.63, 3.8) is 0 Å². The molecule has 0 amide bonds. The second-order valence-corrected chi connectivity index (χ2v) is 5.70. The van der Waals surface area contributed by atoms with E-state index in [1.54, 1.807) is 11.3 Å². The molecule has 0 radical (unpaired) electrons. The highest BCUT2D eigenvalue weighted by atomic mass is 35.5. The van der Waals surface area contributed by atoms with E-state index in [1.807, 2.05) is 20.0 Å². The molecule has 3 nitrogen and oxygen atoms in total. The lowest BCUT2D eigenvalue weighted by Crippen LogP contribution is -2.08. The fraction of sp³-hybridized carbons (Fsp3) is 0.250. The summed E-state index contributed by atoms with van der Waals surface area (Å²) >= 11 is 7.34. The van der Waals surface area contributed by atoms with E-state index in [2.05, 4.69) is 10.3 Å². The Bertz CT molecular complexity index is 570. The number of rotatable bonds is 3. The van der Waals surface area contributed by atoms with E-state index in [9.17, 15) is 4.39 Å². The fourth-order valence-corrected chi connectivity index (χ4v) is 2.49. The first-order valence-electron chi connectivity index (χ1n) is 5.40. The van der Waals surface area contributed by atoms with Gasteiger partial charge in [-0.25, -0.2) is 9.37 Å². The van der Waals surface area contributed by atoms with Crippen LogP contribution in [0.2, 0.25) is 5.02 Å². The van der Waals surface area contributed by atoms with Crippen LogP contribution in [-0.4, -0.2) is 4.98 Å². The van der Waals surface area contributed by atoms with Gasteiger partial charge in [0.25, 0.3) is 0 Å². The molecule has 96 valence electrons. The van der Waals surface area contributed by atoms with Gasteiger partial charge < -0.3 is 11.1 Å². The van der Waals surface area contributed by atoms with Crippen LogP contribution in [0.25, 0.3) is 0 Å². The van der Waals surface area contributed by atoms with Gasteiger partial charge in [-0.1, -0.05) is 11.6 Å². The molecule has 6 heteroatoms. The van der Waals surface area contributed by atoms with Crippen LogP contribution in [0, 0.1) is 12.7 Å². The van der Waals surface area contributed by atoms with Gasteiger partial charge in [0, 0.05) is 17.1 Å². The molecule has 2 rings (SSSR count). The van der Waals surface area contributed by atoms with E-state index in [1.165, 1.54) is 12.1 Å². The highest BCUT2D eigenvalue weighted by molar-refractivity contribution is 7.11. The zero-order valence-electron chi connectivity index (χ0n) is 10.00. The van der Waals surface area contributed by atoms with Crippen LogP contribution < -0.4 is 11.1 Å². The largest absolute Gasteiger partial charge is 0.397 e. The Hall–Kier alpha value is -1.33. The van der Waals surface area contributed by atoms with Crippen molar-refractivity contribution in [3.8, 4) is 0 Å². The average molecular weight is 286 g/mol. The monoisotopic (exact) mass is 285 g/mol. The maximum atomic E-state index is 13.2. The minimum absolute atomic E-state index is 0.00692. The van der Waals surface area contributed by atoms with Crippen molar-refractivity contribution in [1.82, 2.24) is 4.98 Å². The summed E-state index contributed by atoms with van der Waals surface area (Å²) in [5.41, 5.74) is 6.69. The number of aromatic nitrogens is 1. The summed E-state index contributed by atoms with van der Waals surface area (Å²) < 4.78 is 13.2. The summed E-state index contributed by atoms with van der Waals surface area (Å²) in [5.74, 6) is -0.516. The second-order valence-electron chi connectivity index (χ2n) is 4.03. The van der Waals surface area contributed by atoms with Crippen molar-refractivity contribution in [2.24, 2.45) is 0 Å². The highest BCUT2D eigenvalue weighted by Crippen LogP contribution is 2.30. The summed E-state index contributed by atoms with van der Waals surface area (Å²) in [6, 6.07) is 2.70. The Morgan fingerprint density at radius 1 is 1.50 bits per heavy atom. The topological polar surface area (TPSA) is 50.9 Å². The number of thiazole rings is 1. The van der Waals surface area contributed by atoms with Gasteiger partial charge in [0.05, 0.1) is 22.4 Å². The SMILES string of the molecule is Cc1cnc(C(C)Nc2cc(Cl)c(F)cc2N)s1.